The Bertz CT molecular complexity index is 830. The molecule has 0 aliphatic heterocycles. The van der Waals surface area contributed by atoms with Gasteiger partial charge in [-0.25, -0.2) is 8.42 Å². The van der Waals surface area contributed by atoms with Gasteiger partial charge in [0.05, 0.1) is 18.4 Å². The second-order valence-electron chi connectivity index (χ2n) is 5.12. The van der Waals surface area contributed by atoms with Gasteiger partial charge in [-0.05, 0) is 11.8 Å². The fourth-order valence-electron chi connectivity index (χ4n) is 1.69. The highest BCUT2D eigenvalue weighted by Gasteiger charge is 2.34. The molecule has 158 valence electrons. The largest absolute Gasteiger partial charge is 0.475 e. The monoisotopic (exact) mass is 429 g/mol. The van der Waals surface area contributed by atoms with Crippen LogP contribution < -0.4 is 20.3 Å². The first kappa shape index (κ1) is 23.4. The second kappa shape index (κ2) is 9.52. The average Bonchev–Trinajstić information content (AvgIpc) is 2.56. The zero-order valence-electron chi connectivity index (χ0n) is 14.8. The van der Waals surface area contributed by atoms with Crippen molar-refractivity contribution < 1.29 is 36.0 Å². The van der Waals surface area contributed by atoms with Crippen LogP contribution in [0.3, 0.4) is 0 Å². The van der Waals surface area contributed by atoms with Gasteiger partial charge in [0, 0.05) is 18.7 Å². The summed E-state index contributed by atoms with van der Waals surface area (Å²) in [5.41, 5.74) is -1.22. The van der Waals surface area contributed by atoms with Crippen LogP contribution in [0.1, 0.15) is 12.5 Å². The van der Waals surface area contributed by atoms with Crippen LogP contribution in [0.2, 0.25) is 0 Å². The lowest BCUT2D eigenvalue weighted by atomic mass is 10.2. The molecule has 0 bridgehead atoms. The van der Waals surface area contributed by atoms with E-state index in [9.17, 15) is 31.7 Å². The summed E-state index contributed by atoms with van der Waals surface area (Å²) in [4.78, 5) is 13.7. The molecular formula is C13H18F3N5O6S. The van der Waals surface area contributed by atoms with E-state index in [1.165, 1.54) is 0 Å². The number of anilines is 1. The van der Waals surface area contributed by atoms with Crippen LogP contribution in [0.4, 0.5) is 19.0 Å². The molecule has 0 aliphatic rings. The van der Waals surface area contributed by atoms with E-state index in [0.717, 1.165) is 6.26 Å². The summed E-state index contributed by atoms with van der Waals surface area (Å²) in [7, 11) is -3.88. The lowest BCUT2D eigenvalue weighted by molar-refractivity contribution is -0.427. The minimum absolute atomic E-state index is 0.0778. The highest BCUT2D eigenvalue weighted by Crippen LogP contribution is 2.33. The summed E-state index contributed by atoms with van der Waals surface area (Å²) in [5, 5.41) is 11.3. The Kier molecular flexibility index (Phi) is 7.95. The molecule has 0 amide bonds. The molecule has 0 saturated carbocycles. The molecule has 11 nitrogen and oxygen atoms in total. The summed E-state index contributed by atoms with van der Waals surface area (Å²) >= 11 is 0. The lowest BCUT2D eigenvalue weighted by Crippen LogP contribution is -2.36. The van der Waals surface area contributed by atoms with Gasteiger partial charge in [0.25, 0.3) is 0 Å². The smallest absolute Gasteiger partial charge is 0.416 e. The van der Waals surface area contributed by atoms with Gasteiger partial charge in [0.2, 0.25) is 21.7 Å². The molecule has 0 fully saturated rings. The van der Waals surface area contributed by atoms with Gasteiger partial charge in [0.15, 0.2) is 0 Å². The first-order chi connectivity index (χ1) is 12.8. The Morgan fingerprint density at radius 1 is 1.43 bits per heavy atom. The molecule has 1 heterocycles. The number of nitro groups is 1. The SMILES string of the molecule is CCOCCOc1cc(C(F)(F)F)cc(N(N)C(=CNS(C)(=O)=O)[N+](=O)[O-])n1. The molecule has 0 aromatic carbocycles. The number of alkyl halides is 3. The zero-order chi connectivity index (χ0) is 21.5. The number of nitrogens with two attached hydrogens (primary N) is 1. The maximum absolute atomic E-state index is 13.1. The van der Waals surface area contributed by atoms with Gasteiger partial charge in [-0.15, -0.1) is 5.01 Å². The topological polar surface area (TPSA) is 150 Å². The molecule has 0 unspecified atom stereocenters. The molecule has 1 rings (SSSR count). The second-order valence-corrected chi connectivity index (χ2v) is 6.90. The van der Waals surface area contributed by atoms with E-state index in [-0.39, 0.29) is 18.2 Å². The maximum Gasteiger partial charge on any atom is 0.416 e. The minimum atomic E-state index is -4.82. The molecule has 0 saturated heterocycles. The van der Waals surface area contributed by atoms with Gasteiger partial charge >= 0.3 is 12.0 Å². The third-order valence-electron chi connectivity index (χ3n) is 2.88. The highest BCUT2D eigenvalue weighted by atomic mass is 32.2. The molecular weight excluding hydrogens is 411 g/mol. The highest BCUT2D eigenvalue weighted by molar-refractivity contribution is 7.88. The van der Waals surface area contributed by atoms with Crippen LogP contribution >= 0.6 is 0 Å². The van der Waals surface area contributed by atoms with E-state index in [0.29, 0.717) is 24.9 Å². The first-order valence-corrected chi connectivity index (χ1v) is 9.40. The quantitative estimate of drug-likeness (QED) is 0.238. The number of nitrogens with zero attached hydrogens (tertiary/aromatic N) is 3. The van der Waals surface area contributed by atoms with Crippen molar-refractivity contribution in [2.75, 3.05) is 31.1 Å². The predicted molar refractivity (Wildman–Crippen MR) is 91.0 cm³/mol. The zero-order valence-corrected chi connectivity index (χ0v) is 15.6. The van der Waals surface area contributed by atoms with Crippen molar-refractivity contribution in [1.29, 1.82) is 0 Å². The Morgan fingerprint density at radius 2 is 2.07 bits per heavy atom. The molecule has 0 radical (unpaired) electrons. The first-order valence-electron chi connectivity index (χ1n) is 7.51. The van der Waals surface area contributed by atoms with Crippen molar-refractivity contribution in [1.82, 2.24) is 9.71 Å². The van der Waals surface area contributed by atoms with Crippen molar-refractivity contribution >= 4 is 15.8 Å². The van der Waals surface area contributed by atoms with E-state index < -0.39 is 44.2 Å². The number of ether oxygens (including phenoxy) is 2. The van der Waals surface area contributed by atoms with E-state index in [2.05, 4.69) is 4.98 Å². The fourth-order valence-corrected chi connectivity index (χ4v) is 2.01. The number of hydrazine groups is 1. The third kappa shape index (κ3) is 7.53. The van der Waals surface area contributed by atoms with Crippen molar-refractivity contribution in [3.05, 3.63) is 39.8 Å². The molecule has 15 heteroatoms. The van der Waals surface area contributed by atoms with E-state index in [1.807, 2.05) is 0 Å². The number of pyridine rings is 1. The average molecular weight is 429 g/mol. The summed E-state index contributed by atoms with van der Waals surface area (Å²) in [6, 6.07) is 1.04. The summed E-state index contributed by atoms with van der Waals surface area (Å²) in [5.74, 6) is 3.24. The molecule has 1 aromatic rings. The van der Waals surface area contributed by atoms with Crippen LogP contribution in [0, 0.1) is 10.1 Å². The van der Waals surface area contributed by atoms with Crippen molar-refractivity contribution in [3.63, 3.8) is 0 Å². The normalized spacial score (nSPS) is 12.6. The summed E-state index contributed by atoms with van der Waals surface area (Å²) in [6.45, 7) is 2.03. The number of aromatic nitrogens is 1. The van der Waals surface area contributed by atoms with Gasteiger partial charge < -0.3 is 19.6 Å². The fraction of sp³-hybridized carbons (Fsp3) is 0.462. The van der Waals surface area contributed by atoms with Gasteiger partial charge in [-0.3, -0.25) is 4.72 Å². The van der Waals surface area contributed by atoms with Crippen molar-refractivity contribution in [2.24, 2.45) is 5.84 Å². The van der Waals surface area contributed by atoms with Gasteiger partial charge in [0.1, 0.15) is 12.8 Å². The Balaban J connectivity index is 3.28. The summed E-state index contributed by atoms with van der Waals surface area (Å²) in [6.07, 6.45) is -3.69. The Labute approximate surface area is 158 Å². The van der Waals surface area contributed by atoms with Crippen molar-refractivity contribution in [3.8, 4) is 5.88 Å². The van der Waals surface area contributed by atoms with Crippen LogP contribution in [0.5, 0.6) is 5.88 Å². The molecule has 3 N–H and O–H groups in total. The van der Waals surface area contributed by atoms with Gasteiger partial charge in [-0.1, -0.05) is 0 Å². The standard InChI is InChI=1S/C13H18F3N5O6S/c1-3-26-4-5-27-11-7-9(13(14,15)16)6-10(19-11)20(17)12(21(22)23)8-18-28(2,24)25/h6-8,18H,3-5,17H2,1-2H3. The van der Waals surface area contributed by atoms with Gasteiger partial charge in [-0.2, -0.15) is 24.0 Å². The van der Waals surface area contributed by atoms with E-state index in [1.54, 1.807) is 11.6 Å². The number of halogens is 3. The lowest BCUT2D eigenvalue weighted by Gasteiger charge is -2.15. The molecule has 0 atom stereocenters. The number of nitrogens with one attached hydrogen (secondary N) is 1. The van der Waals surface area contributed by atoms with E-state index >= 15 is 0 Å². The number of sulfonamides is 1. The Morgan fingerprint density at radius 3 is 2.57 bits per heavy atom. The molecule has 1 aromatic heterocycles. The van der Waals surface area contributed by atoms with Crippen LogP contribution in [0.15, 0.2) is 24.2 Å². The Hall–Kier alpha value is -2.65. The maximum atomic E-state index is 13.1. The van der Waals surface area contributed by atoms with E-state index in [4.69, 9.17) is 15.3 Å². The van der Waals surface area contributed by atoms with Crippen LogP contribution in [-0.4, -0.2) is 44.4 Å². The summed E-state index contributed by atoms with van der Waals surface area (Å²) < 4.78 is 73.3. The number of hydrogen-bond donors (Lipinski definition) is 2. The molecule has 0 aliphatic carbocycles. The van der Waals surface area contributed by atoms with Crippen molar-refractivity contribution in [2.45, 2.75) is 13.1 Å². The number of rotatable bonds is 10. The van der Waals surface area contributed by atoms with Crippen LogP contribution in [0.25, 0.3) is 0 Å². The number of hydrogen-bond acceptors (Lipinski definition) is 9. The molecule has 0 spiro atoms. The van der Waals surface area contributed by atoms with Crippen LogP contribution in [-0.2, 0) is 20.9 Å². The minimum Gasteiger partial charge on any atom is -0.475 e. The molecule has 28 heavy (non-hydrogen) atoms. The third-order valence-corrected chi connectivity index (χ3v) is 3.43. The predicted octanol–water partition coefficient (Wildman–Crippen LogP) is 0.821.